The Labute approximate surface area is 101 Å². The molecule has 0 aliphatic rings. The van der Waals surface area contributed by atoms with Crippen LogP contribution in [0.3, 0.4) is 0 Å². The molecule has 0 aliphatic heterocycles. The van der Waals surface area contributed by atoms with Crippen molar-refractivity contribution in [2.75, 3.05) is 0 Å². The standard InChI is InChI=1S/C12H15NO3S/c1-2-3-4-7-11-8-5-6-9-12(11)17(15,16)13-10-14/h5-6,8-9H,2-4,7H2,1H3. The normalized spacial score (nSPS) is 10.9. The zero-order valence-corrected chi connectivity index (χ0v) is 10.5. The molecule has 17 heavy (non-hydrogen) atoms. The second-order valence-corrected chi connectivity index (χ2v) is 5.30. The lowest BCUT2D eigenvalue weighted by atomic mass is 10.1. The monoisotopic (exact) mass is 253 g/mol. The van der Waals surface area contributed by atoms with Crippen molar-refractivity contribution < 1.29 is 13.2 Å². The zero-order chi connectivity index (χ0) is 12.7. The molecule has 0 aromatic heterocycles. The number of sulfonamides is 1. The van der Waals surface area contributed by atoms with Crippen LogP contribution in [0, 0.1) is 0 Å². The first-order valence-electron chi connectivity index (χ1n) is 5.54. The highest BCUT2D eigenvalue weighted by atomic mass is 32.2. The van der Waals surface area contributed by atoms with Crippen LogP contribution in [0.2, 0.25) is 0 Å². The third kappa shape index (κ3) is 3.80. The van der Waals surface area contributed by atoms with Crippen LogP contribution in [0.1, 0.15) is 31.7 Å². The van der Waals surface area contributed by atoms with E-state index in [1.807, 2.05) is 0 Å². The van der Waals surface area contributed by atoms with Crippen LogP contribution >= 0.6 is 0 Å². The summed E-state index contributed by atoms with van der Waals surface area (Å²) in [4.78, 5) is 10.2. The predicted molar refractivity (Wildman–Crippen MR) is 65.0 cm³/mol. The lowest BCUT2D eigenvalue weighted by molar-refractivity contribution is 0.563. The Kier molecular flexibility index (Phi) is 5.07. The van der Waals surface area contributed by atoms with Gasteiger partial charge in [0.2, 0.25) is 0 Å². The van der Waals surface area contributed by atoms with Crippen LogP contribution < -0.4 is 0 Å². The molecule has 0 aliphatic carbocycles. The van der Waals surface area contributed by atoms with Crippen LogP contribution in [0.25, 0.3) is 0 Å². The zero-order valence-electron chi connectivity index (χ0n) is 9.72. The largest absolute Gasteiger partial charge is 0.292 e. The summed E-state index contributed by atoms with van der Waals surface area (Å²) in [5.41, 5.74) is 0.708. The van der Waals surface area contributed by atoms with Gasteiger partial charge in [-0.15, -0.1) is 0 Å². The lowest BCUT2D eigenvalue weighted by Gasteiger charge is -2.06. The third-order valence-corrected chi connectivity index (χ3v) is 3.73. The summed E-state index contributed by atoms with van der Waals surface area (Å²) in [5, 5.41) is 0. The first-order valence-corrected chi connectivity index (χ1v) is 6.98. The minimum Gasteiger partial charge on any atom is -0.210 e. The fourth-order valence-electron chi connectivity index (χ4n) is 1.63. The van der Waals surface area contributed by atoms with E-state index >= 15 is 0 Å². The van der Waals surface area contributed by atoms with Crippen LogP contribution in [-0.2, 0) is 21.2 Å². The second kappa shape index (κ2) is 6.33. The van der Waals surface area contributed by atoms with E-state index < -0.39 is 10.0 Å². The Bertz CT molecular complexity index is 516. The number of carbonyl (C=O) groups excluding carboxylic acids is 1. The molecule has 0 amide bonds. The van der Waals surface area contributed by atoms with Gasteiger partial charge in [-0.2, -0.15) is 8.42 Å². The highest BCUT2D eigenvalue weighted by Crippen LogP contribution is 2.19. The second-order valence-electron chi connectivity index (χ2n) is 3.72. The van der Waals surface area contributed by atoms with E-state index in [4.69, 9.17) is 0 Å². The average Bonchev–Trinajstić information content (AvgIpc) is 2.30. The first kappa shape index (κ1) is 13.6. The van der Waals surface area contributed by atoms with Crippen molar-refractivity contribution in [1.29, 1.82) is 0 Å². The molecular weight excluding hydrogens is 238 g/mol. The van der Waals surface area contributed by atoms with Gasteiger partial charge in [0.15, 0.2) is 0 Å². The number of unbranched alkanes of at least 4 members (excludes halogenated alkanes) is 2. The molecule has 5 heteroatoms. The summed E-state index contributed by atoms with van der Waals surface area (Å²) in [6.07, 6.45) is 4.81. The van der Waals surface area contributed by atoms with Crippen LogP contribution in [-0.4, -0.2) is 14.5 Å². The van der Waals surface area contributed by atoms with Crippen LogP contribution in [0.4, 0.5) is 0 Å². The number of benzene rings is 1. The average molecular weight is 253 g/mol. The Hall–Kier alpha value is -1.45. The summed E-state index contributed by atoms with van der Waals surface area (Å²) in [6.45, 7) is 2.08. The fraction of sp³-hybridized carbons (Fsp3) is 0.417. The highest BCUT2D eigenvalue weighted by molar-refractivity contribution is 7.90. The quantitative estimate of drug-likeness (QED) is 0.444. The maximum atomic E-state index is 11.7. The van der Waals surface area contributed by atoms with Crippen molar-refractivity contribution >= 4 is 16.1 Å². The van der Waals surface area contributed by atoms with E-state index in [1.165, 1.54) is 6.07 Å². The topological polar surface area (TPSA) is 63.6 Å². The van der Waals surface area contributed by atoms with Gasteiger partial charge in [-0.1, -0.05) is 42.4 Å². The van der Waals surface area contributed by atoms with Gasteiger partial charge in [0, 0.05) is 0 Å². The molecule has 0 heterocycles. The van der Waals surface area contributed by atoms with Gasteiger partial charge >= 0.3 is 0 Å². The minimum atomic E-state index is -3.88. The maximum Gasteiger partial charge on any atom is 0.292 e. The summed E-state index contributed by atoms with van der Waals surface area (Å²) >= 11 is 0. The molecule has 1 rings (SSSR count). The van der Waals surface area contributed by atoms with Crippen molar-refractivity contribution in [1.82, 2.24) is 0 Å². The lowest BCUT2D eigenvalue weighted by Crippen LogP contribution is -2.01. The molecule has 1 aromatic carbocycles. The van der Waals surface area contributed by atoms with Gasteiger partial charge in [-0.3, -0.25) is 0 Å². The molecule has 0 radical (unpaired) electrons. The molecule has 0 bridgehead atoms. The van der Waals surface area contributed by atoms with Crippen molar-refractivity contribution in [3.8, 4) is 0 Å². The molecule has 0 saturated heterocycles. The molecule has 0 unspecified atom stereocenters. The number of hydrogen-bond donors (Lipinski definition) is 0. The van der Waals surface area contributed by atoms with Gasteiger partial charge < -0.3 is 0 Å². The number of aryl methyl sites for hydroxylation is 1. The fourth-order valence-corrected chi connectivity index (χ4v) is 2.57. The molecule has 4 nitrogen and oxygen atoms in total. The number of rotatable bonds is 6. The molecule has 0 saturated carbocycles. The number of nitrogens with zero attached hydrogens (tertiary/aromatic N) is 1. The third-order valence-electron chi connectivity index (χ3n) is 2.46. The number of isocyanates is 1. The summed E-state index contributed by atoms with van der Waals surface area (Å²) < 4.78 is 26.2. The molecule has 0 atom stereocenters. The van der Waals surface area contributed by atoms with E-state index in [2.05, 4.69) is 11.3 Å². The predicted octanol–water partition coefficient (Wildman–Crippen LogP) is 2.44. The summed E-state index contributed by atoms with van der Waals surface area (Å²) in [6, 6.07) is 6.63. The molecular formula is C12H15NO3S. The van der Waals surface area contributed by atoms with Crippen LogP contribution in [0.15, 0.2) is 33.6 Å². The Morgan fingerprint density at radius 3 is 2.59 bits per heavy atom. The van der Waals surface area contributed by atoms with Gasteiger partial charge in [-0.05, 0) is 24.5 Å². The van der Waals surface area contributed by atoms with Gasteiger partial charge in [0.05, 0.1) is 4.90 Å². The molecule has 0 N–H and O–H groups in total. The van der Waals surface area contributed by atoms with Gasteiger partial charge in [0.1, 0.15) is 0 Å². The Morgan fingerprint density at radius 2 is 1.94 bits per heavy atom. The Balaban J connectivity index is 3.04. The smallest absolute Gasteiger partial charge is 0.210 e. The molecule has 92 valence electrons. The van der Waals surface area contributed by atoms with Crippen molar-refractivity contribution in [2.24, 2.45) is 4.40 Å². The van der Waals surface area contributed by atoms with E-state index in [0.717, 1.165) is 25.3 Å². The van der Waals surface area contributed by atoms with Gasteiger partial charge in [-0.25, -0.2) is 4.79 Å². The van der Waals surface area contributed by atoms with Crippen molar-refractivity contribution in [2.45, 2.75) is 37.5 Å². The number of hydrogen-bond acceptors (Lipinski definition) is 3. The maximum absolute atomic E-state index is 11.7. The minimum absolute atomic E-state index is 0.111. The van der Waals surface area contributed by atoms with Crippen molar-refractivity contribution in [3.63, 3.8) is 0 Å². The molecule has 0 spiro atoms. The van der Waals surface area contributed by atoms with E-state index in [1.54, 1.807) is 18.2 Å². The molecule has 1 aromatic rings. The van der Waals surface area contributed by atoms with Gasteiger partial charge in [0.25, 0.3) is 16.1 Å². The summed E-state index contributed by atoms with van der Waals surface area (Å²) in [5.74, 6) is 0. The highest BCUT2D eigenvalue weighted by Gasteiger charge is 2.16. The SMILES string of the molecule is CCCCCc1ccccc1S(=O)(=O)N=C=O. The Morgan fingerprint density at radius 1 is 1.24 bits per heavy atom. The van der Waals surface area contributed by atoms with Crippen LogP contribution in [0.5, 0.6) is 0 Å². The first-order chi connectivity index (χ1) is 8.11. The summed E-state index contributed by atoms with van der Waals surface area (Å²) in [7, 11) is -3.88. The van der Waals surface area contributed by atoms with E-state index in [-0.39, 0.29) is 4.90 Å². The molecule has 0 fully saturated rings. The van der Waals surface area contributed by atoms with E-state index in [9.17, 15) is 13.2 Å². The van der Waals surface area contributed by atoms with Crippen molar-refractivity contribution in [3.05, 3.63) is 29.8 Å². The van der Waals surface area contributed by atoms with E-state index in [0.29, 0.717) is 12.0 Å².